The maximum Gasteiger partial charge on any atom is 0.335 e. The van der Waals surface area contributed by atoms with Crippen LogP contribution in [-0.4, -0.2) is 44.8 Å². The second-order valence-electron chi connectivity index (χ2n) is 3.07. The average Bonchev–Trinajstić information content (AvgIpc) is 2.28. The van der Waals surface area contributed by atoms with E-state index in [2.05, 4.69) is 19.2 Å². The first-order valence-corrected chi connectivity index (χ1v) is 5.96. The van der Waals surface area contributed by atoms with E-state index in [1.54, 1.807) is 6.92 Å². The minimum atomic E-state index is -0.404. The van der Waals surface area contributed by atoms with Crippen LogP contribution in [0.2, 0.25) is 0 Å². The first-order valence-electron chi connectivity index (χ1n) is 5.33. The van der Waals surface area contributed by atoms with E-state index in [4.69, 9.17) is 14.2 Å². The first-order chi connectivity index (χ1) is 7.72. The Balaban J connectivity index is 3.31. The van der Waals surface area contributed by atoms with Crippen molar-refractivity contribution >= 4 is 18.6 Å². The average molecular weight is 248 g/mol. The zero-order valence-corrected chi connectivity index (χ0v) is 10.6. The van der Waals surface area contributed by atoms with Gasteiger partial charge in [-0.25, -0.2) is 4.79 Å². The third kappa shape index (κ3) is 8.76. The summed E-state index contributed by atoms with van der Waals surface area (Å²) in [5, 5.41) is 0. The van der Waals surface area contributed by atoms with Crippen LogP contribution in [-0.2, 0) is 19.0 Å². The van der Waals surface area contributed by atoms with Crippen LogP contribution >= 0.6 is 12.6 Å². The van der Waals surface area contributed by atoms with Crippen LogP contribution < -0.4 is 0 Å². The lowest BCUT2D eigenvalue weighted by atomic mass is 10.3. The summed E-state index contributed by atoms with van der Waals surface area (Å²) in [5.41, 5.74) is 0.331. The molecule has 0 atom stereocenters. The van der Waals surface area contributed by atoms with Crippen molar-refractivity contribution in [2.45, 2.75) is 13.3 Å². The molecule has 0 fully saturated rings. The monoisotopic (exact) mass is 248 g/mol. The molecule has 0 saturated carbocycles. The Kier molecular flexibility index (Phi) is 10.6. The SMILES string of the molecule is C=C(COCCOCCCS)C(=O)OCC. The van der Waals surface area contributed by atoms with E-state index in [1.807, 2.05) is 0 Å². The Hall–Kier alpha value is -0.520. The molecule has 0 rings (SSSR count). The molecule has 0 saturated heterocycles. The van der Waals surface area contributed by atoms with E-state index in [0.29, 0.717) is 32.0 Å². The van der Waals surface area contributed by atoms with Crippen molar-refractivity contribution < 1.29 is 19.0 Å². The number of hydrogen-bond donors (Lipinski definition) is 1. The van der Waals surface area contributed by atoms with Gasteiger partial charge in [0.15, 0.2) is 0 Å². The summed E-state index contributed by atoms with van der Waals surface area (Å²) in [6.07, 6.45) is 0.929. The van der Waals surface area contributed by atoms with Crippen molar-refractivity contribution in [2.24, 2.45) is 0 Å². The Labute approximate surface area is 102 Å². The van der Waals surface area contributed by atoms with E-state index in [1.165, 1.54) is 0 Å². The lowest BCUT2D eigenvalue weighted by Crippen LogP contribution is -2.13. The summed E-state index contributed by atoms with van der Waals surface area (Å²) >= 11 is 4.06. The predicted octanol–water partition coefficient (Wildman–Crippen LogP) is 1.46. The summed E-state index contributed by atoms with van der Waals surface area (Å²) in [7, 11) is 0. The number of esters is 1. The third-order valence-electron chi connectivity index (χ3n) is 1.66. The zero-order chi connectivity index (χ0) is 12.2. The van der Waals surface area contributed by atoms with Gasteiger partial charge in [-0.1, -0.05) is 6.58 Å². The molecular weight excluding hydrogens is 228 g/mol. The van der Waals surface area contributed by atoms with Gasteiger partial charge in [0.2, 0.25) is 0 Å². The highest BCUT2D eigenvalue weighted by atomic mass is 32.1. The minimum absolute atomic E-state index is 0.189. The molecule has 0 spiro atoms. The number of thiol groups is 1. The van der Waals surface area contributed by atoms with Gasteiger partial charge in [0.25, 0.3) is 0 Å². The summed E-state index contributed by atoms with van der Waals surface area (Å²) in [5.74, 6) is 0.416. The fourth-order valence-electron chi connectivity index (χ4n) is 0.874. The quantitative estimate of drug-likeness (QED) is 0.275. The van der Waals surface area contributed by atoms with Crippen molar-refractivity contribution in [3.63, 3.8) is 0 Å². The van der Waals surface area contributed by atoms with Crippen LogP contribution in [0, 0.1) is 0 Å². The molecule has 0 N–H and O–H groups in total. The molecule has 0 amide bonds. The number of hydrogen-bond acceptors (Lipinski definition) is 5. The number of ether oxygens (including phenoxy) is 3. The lowest BCUT2D eigenvalue weighted by molar-refractivity contribution is -0.139. The van der Waals surface area contributed by atoms with E-state index in [-0.39, 0.29) is 6.61 Å². The molecule has 0 heterocycles. The van der Waals surface area contributed by atoms with Gasteiger partial charge in [-0.05, 0) is 19.1 Å². The van der Waals surface area contributed by atoms with Crippen LogP contribution in [0.15, 0.2) is 12.2 Å². The van der Waals surface area contributed by atoms with E-state index in [0.717, 1.165) is 12.2 Å². The van der Waals surface area contributed by atoms with Gasteiger partial charge >= 0.3 is 5.97 Å². The molecule has 94 valence electrons. The third-order valence-corrected chi connectivity index (χ3v) is 1.98. The molecular formula is C11H20O4S. The Morgan fingerprint density at radius 2 is 1.94 bits per heavy atom. The molecule has 0 aliphatic heterocycles. The van der Waals surface area contributed by atoms with Gasteiger partial charge < -0.3 is 14.2 Å². The maximum atomic E-state index is 11.1. The Morgan fingerprint density at radius 1 is 1.25 bits per heavy atom. The molecule has 0 aromatic heterocycles. The van der Waals surface area contributed by atoms with Crippen molar-refractivity contribution in [1.82, 2.24) is 0 Å². The molecule has 0 bridgehead atoms. The second-order valence-corrected chi connectivity index (χ2v) is 3.51. The van der Waals surface area contributed by atoms with Gasteiger partial charge in [-0.3, -0.25) is 0 Å². The van der Waals surface area contributed by atoms with E-state index in [9.17, 15) is 4.79 Å². The van der Waals surface area contributed by atoms with Crippen molar-refractivity contribution in [1.29, 1.82) is 0 Å². The maximum absolute atomic E-state index is 11.1. The Morgan fingerprint density at radius 3 is 2.56 bits per heavy atom. The summed E-state index contributed by atoms with van der Waals surface area (Å²) in [6.45, 7) is 7.52. The van der Waals surface area contributed by atoms with Crippen molar-refractivity contribution in [3.05, 3.63) is 12.2 Å². The fraction of sp³-hybridized carbons (Fsp3) is 0.727. The first kappa shape index (κ1) is 15.5. The highest BCUT2D eigenvalue weighted by molar-refractivity contribution is 7.80. The van der Waals surface area contributed by atoms with Crippen molar-refractivity contribution in [3.8, 4) is 0 Å². The number of carbonyl (C=O) groups excluding carboxylic acids is 1. The fourth-order valence-corrected chi connectivity index (χ4v) is 1.00. The Bertz CT molecular complexity index is 206. The van der Waals surface area contributed by atoms with Crippen LogP contribution in [0.4, 0.5) is 0 Å². The van der Waals surface area contributed by atoms with Gasteiger partial charge in [-0.2, -0.15) is 12.6 Å². The molecule has 0 aromatic carbocycles. The standard InChI is InChI=1S/C11H20O4S/c1-3-15-11(12)10(2)9-14-7-6-13-5-4-8-16/h16H,2-9H2,1H3. The van der Waals surface area contributed by atoms with Gasteiger partial charge in [-0.15, -0.1) is 0 Å². The van der Waals surface area contributed by atoms with Crippen LogP contribution in [0.25, 0.3) is 0 Å². The van der Waals surface area contributed by atoms with Crippen LogP contribution in [0.1, 0.15) is 13.3 Å². The minimum Gasteiger partial charge on any atom is -0.463 e. The summed E-state index contributed by atoms with van der Waals surface area (Å²) in [4.78, 5) is 11.1. The van der Waals surface area contributed by atoms with Gasteiger partial charge in [0.05, 0.1) is 32.0 Å². The summed E-state index contributed by atoms with van der Waals surface area (Å²) < 4.78 is 15.2. The smallest absolute Gasteiger partial charge is 0.335 e. The molecule has 4 nitrogen and oxygen atoms in total. The van der Waals surface area contributed by atoms with E-state index < -0.39 is 5.97 Å². The molecule has 0 aliphatic rings. The molecule has 16 heavy (non-hydrogen) atoms. The zero-order valence-electron chi connectivity index (χ0n) is 9.74. The van der Waals surface area contributed by atoms with Gasteiger partial charge in [0.1, 0.15) is 0 Å². The predicted molar refractivity (Wildman–Crippen MR) is 65.9 cm³/mol. The van der Waals surface area contributed by atoms with E-state index >= 15 is 0 Å². The normalized spacial score (nSPS) is 10.1. The lowest BCUT2D eigenvalue weighted by Gasteiger charge is -2.07. The molecule has 0 unspecified atom stereocenters. The van der Waals surface area contributed by atoms with Crippen molar-refractivity contribution in [2.75, 3.05) is 38.8 Å². The largest absolute Gasteiger partial charge is 0.463 e. The molecule has 5 heteroatoms. The number of rotatable bonds is 10. The van der Waals surface area contributed by atoms with Crippen LogP contribution in [0.3, 0.4) is 0 Å². The number of carbonyl (C=O) groups is 1. The van der Waals surface area contributed by atoms with Crippen LogP contribution in [0.5, 0.6) is 0 Å². The van der Waals surface area contributed by atoms with Gasteiger partial charge in [0, 0.05) is 6.61 Å². The molecule has 0 aliphatic carbocycles. The summed E-state index contributed by atoms with van der Waals surface area (Å²) in [6, 6.07) is 0. The highest BCUT2D eigenvalue weighted by Crippen LogP contribution is 1.96. The topological polar surface area (TPSA) is 44.8 Å². The highest BCUT2D eigenvalue weighted by Gasteiger charge is 2.06. The second kappa shape index (κ2) is 11.0. The molecule has 0 radical (unpaired) electrons. The molecule has 0 aromatic rings.